The summed E-state index contributed by atoms with van der Waals surface area (Å²) in [5, 5.41) is 10.4. The second-order valence-corrected chi connectivity index (χ2v) is 11.3. The molecule has 0 radical (unpaired) electrons. The highest BCUT2D eigenvalue weighted by Crippen LogP contribution is 2.41. The van der Waals surface area contributed by atoms with Gasteiger partial charge in [0.1, 0.15) is 23.9 Å². The molecule has 3 aromatic rings. The van der Waals surface area contributed by atoms with E-state index >= 15 is 0 Å². The van der Waals surface area contributed by atoms with Crippen molar-refractivity contribution >= 4 is 0 Å². The molecule has 0 aliphatic rings. The summed E-state index contributed by atoms with van der Waals surface area (Å²) in [5.41, 5.74) is 4.51. The molecule has 4 heteroatoms. The lowest BCUT2D eigenvalue weighted by atomic mass is 9.70. The number of aliphatic hydroxyl groups excluding tert-OH is 1. The molecule has 3 aromatic carbocycles. The average Bonchev–Trinajstić information content (AvgIpc) is 2.90. The van der Waals surface area contributed by atoms with Crippen LogP contribution in [0, 0.1) is 19.3 Å². The Morgan fingerprint density at radius 3 is 1.74 bits per heavy atom. The number of hydrogen-bond donors (Lipinski definition) is 1. The van der Waals surface area contributed by atoms with Gasteiger partial charge >= 0.3 is 0 Å². The molecular weight excluding hydrogens is 472 g/mol. The summed E-state index contributed by atoms with van der Waals surface area (Å²) in [6.45, 7) is 16.3. The Hall–Kier alpha value is -2.98. The van der Waals surface area contributed by atoms with Crippen molar-refractivity contribution < 1.29 is 19.3 Å². The molecule has 0 saturated heterocycles. The van der Waals surface area contributed by atoms with E-state index in [-0.39, 0.29) is 17.4 Å². The van der Waals surface area contributed by atoms with Gasteiger partial charge in [-0.15, -0.1) is 0 Å². The molecule has 0 spiro atoms. The molecule has 38 heavy (non-hydrogen) atoms. The molecule has 0 fully saturated rings. The molecule has 0 aliphatic carbocycles. The van der Waals surface area contributed by atoms with Crippen LogP contribution in [0.3, 0.4) is 0 Å². The first kappa shape index (κ1) is 29.6. The smallest absolute Gasteiger partial charge is 0.122 e. The van der Waals surface area contributed by atoms with Gasteiger partial charge in [0.05, 0.1) is 19.3 Å². The fourth-order valence-corrected chi connectivity index (χ4v) is 4.82. The van der Waals surface area contributed by atoms with E-state index in [9.17, 15) is 5.11 Å². The van der Waals surface area contributed by atoms with Crippen LogP contribution in [0.5, 0.6) is 17.2 Å². The minimum Gasteiger partial charge on any atom is -0.493 e. The maximum Gasteiger partial charge on any atom is 0.122 e. The van der Waals surface area contributed by atoms with Gasteiger partial charge in [-0.1, -0.05) is 77.1 Å². The molecule has 0 bridgehead atoms. The quantitative estimate of drug-likeness (QED) is 0.233. The first-order chi connectivity index (χ1) is 18.1. The number of ether oxygens (including phenoxy) is 3. The summed E-state index contributed by atoms with van der Waals surface area (Å²) in [4.78, 5) is 0. The normalized spacial score (nSPS) is 12.7. The number of hydrogen-bond acceptors (Lipinski definition) is 4. The lowest BCUT2D eigenvalue weighted by Gasteiger charge is -2.34. The highest BCUT2D eigenvalue weighted by atomic mass is 16.5. The van der Waals surface area contributed by atoms with Gasteiger partial charge in [0.25, 0.3) is 0 Å². The van der Waals surface area contributed by atoms with Gasteiger partial charge in [-0.3, -0.25) is 0 Å². The number of benzene rings is 3. The molecular formula is C34H46O4. The van der Waals surface area contributed by atoms with Crippen LogP contribution in [-0.4, -0.2) is 31.0 Å². The Morgan fingerprint density at radius 2 is 1.24 bits per heavy atom. The van der Waals surface area contributed by atoms with Crippen molar-refractivity contribution in [1.82, 2.24) is 0 Å². The van der Waals surface area contributed by atoms with E-state index in [1.807, 2.05) is 51.1 Å². The fraction of sp³-hybridized carbons (Fsp3) is 0.471. The lowest BCUT2D eigenvalue weighted by molar-refractivity contribution is 0.0216. The molecule has 0 saturated carbocycles. The Bertz CT molecular complexity index is 1140. The molecule has 0 amide bonds. The van der Waals surface area contributed by atoms with Crippen LogP contribution in [0.15, 0.2) is 66.7 Å². The summed E-state index contributed by atoms with van der Waals surface area (Å²) < 4.78 is 17.9. The van der Waals surface area contributed by atoms with Crippen LogP contribution in [-0.2, 0) is 5.41 Å². The second-order valence-electron chi connectivity index (χ2n) is 11.3. The highest BCUT2D eigenvalue weighted by molar-refractivity contribution is 5.48. The summed E-state index contributed by atoms with van der Waals surface area (Å²) in [6, 6.07) is 23.0. The van der Waals surface area contributed by atoms with Gasteiger partial charge < -0.3 is 19.3 Å². The number of aryl methyl sites for hydroxylation is 2. The molecule has 1 N–H and O–H groups in total. The molecule has 0 aliphatic heterocycles. The van der Waals surface area contributed by atoms with Crippen LogP contribution in [0.1, 0.15) is 76.1 Å². The Morgan fingerprint density at radius 1 is 0.711 bits per heavy atom. The summed E-state index contributed by atoms with van der Waals surface area (Å²) in [5.74, 6) is 2.64. The summed E-state index contributed by atoms with van der Waals surface area (Å²) in [6.07, 6.45) is 2.28. The van der Waals surface area contributed by atoms with Crippen LogP contribution >= 0.6 is 0 Å². The van der Waals surface area contributed by atoms with Crippen LogP contribution in [0.2, 0.25) is 0 Å². The predicted molar refractivity (Wildman–Crippen MR) is 157 cm³/mol. The number of aliphatic hydroxyl groups is 1. The van der Waals surface area contributed by atoms with E-state index < -0.39 is 6.10 Å². The largest absolute Gasteiger partial charge is 0.493 e. The zero-order chi connectivity index (χ0) is 27.8. The van der Waals surface area contributed by atoms with Crippen molar-refractivity contribution in [3.8, 4) is 17.2 Å². The summed E-state index contributed by atoms with van der Waals surface area (Å²) >= 11 is 0. The first-order valence-corrected chi connectivity index (χ1v) is 13.9. The monoisotopic (exact) mass is 518 g/mol. The number of para-hydroxylation sites is 1. The predicted octanol–water partition coefficient (Wildman–Crippen LogP) is 8.04. The maximum atomic E-state index is 10.4. The minimum absolute atomic E-state index is 0.0962. The van der Waals surface area contributed by atoms with Crippen LogP contribution < -0.4 is 14.2 Å². The third kappa shape index (κ3) is 7.32. The molecule has 3 rings (SSSR count). The van der Waals surface area contributed by atoms with E-state index in [4.69, 9.17) is 14.2 Å². The van der Waals surface area contributed by atoms with Gasteiger partial charge in [-0.25, -0.2) is 0 Å². The number of rotatable bonds is 13. The zero-order valence-corrected chi connectivity index (χ0v) is 24.3. The second kappa shape index (κ2) is 13.2. The van der Waals surface area contributed by atoms with Gasteiger partial charge in [-0.05, 0) is 78.6 Å². The van der Waals surface area contributed by atoms with Crippen molar-refractivity contribution in [2.45, 2.75) is 79.2 Å². The van der Waals surface area contributed by atoms with Crippen molar-refractivity contribution in [2.75, 3.05) is 19.8 Å². The van der Waals surface area contributed by atoms with E-state index in [0.717, 1.165) is 47.6 Å². The van der Waals surface area contributed by atoms with Gasteiger partial charge in [0, 0.05) is 11.8 Å². The maximum absolute atomic E-state index is 10.4. The topological polar surface area (TPSA) is 47.9 Å². The van der Waals surface area contributed by atoms with Gasteiger partial charge in [0.15, 0.2) is 0 Å². The van der Waals surface area contributed by atoms with E-state index in [2.05, 4.69) is 64.1 Å². The Balaban J connectivity index is 1.69. The summed E-state index contributed by atoms with van der Waals surface area (Å²) in [7, 11) is 0. The SMILES string of the molecule is CCC(CC)(c1ccc(OCCCOc2ccccc2)c(C)c1)c1ccc(OCC(O)C(C)(C)C)c(C)c1. The van der Waals surface area contributed by atoms with Crippen LogP contribution in [0.4, 0.5) is 0 Å². The molecule has 1 atom stereocenters. The van der Waals surface area contributed by atoms with E-state index in [0.29, 0.717) is 13.2 Å². The Kier molecular flexibility index (Phi) is 10.3. The van der Waals surface area contributed by atoms with Gasteiger partial charge in [-0.2, -0.15) is 0 Å². The van der Waals surface area contributed by atoms with Crippen LogP contribution in [0.25, 0.3) is 0 Å². The first-order valence-electron chi connectivity index (χ1n) is 13.9. The van der Waals surface area contributed by atoms with E-state index in [1.165, 1.54) is 11.1 Å². The molecule has 0 heterocycles. The highest BCUT2D eigenvalue weighted by Gasteiger charge is 2.32. The standard InChI is InChI=1S/C34H46O4/c1-8-34(9-2,28-17-19-31(26(4)23-28)38-24-32(35)33(5,6)7)27-16-18-30(25(3)22-27)37-21-13-20-36-29-14-11-10-12-15-29/h10-12,14-19,22-23,32,35H,8-9,13,20-21,24H2,1-7H3. The molecule has 206 valence electrons. The molecule has 0 aromatic heterocycles. The van der Waals surface area contributed by atoms with E-state index in [1.54, 1.807) is 0 Å². The average molecular weight is 519 g/mol. The third-order valence-electron chi connectivity index (χ3n) is 7.62. The van der Waals surface area contributed by atoms with Gasteiger partial charge in [0.2, 0.25) is 0 Å². The van der Waals surface area contributed by atoms with Crippen molar-refractivity contribution in [1.29, 1.82) is 0 Å². The van der Waals surface area contributed by atoms with Crippen molar-refractivity contribution in [3.63, 3.8) is 0 Å². The fourth-order valence-electron chi connectivity index (χ4n) is 4.82. The third-order valence-corrected chi connectivity index (χ3v) is 7.62. The lowest BCUT2D eigenvalue weighted by Crippen LogP contribution is -2.32. The minimum atomic E-state index is -0.521. The zero-order valence-electron chi connectivity index (χ0n) is 24.3. The Labute approximate surface area is 230 Å². The molecule has 4 nitrogen and oxygen atoms in total. The molecule has 1 unspecified atom stereocenters. The van der Waals surface area contributed by atoms with Crippen molar-refractivity contribution in [2.24, 2.45) is 5.41 Å². The van der Waals surface area contributed by atoms with Crippen molar-refractivity contribution in [3.05, 3.63) is 89.0 Å².